The molecular formula is C22H20N6O3. The van der Waals surface area contributed by atoms with Crippen molar-refractivity contribution in [3.63, 3.8) is 0 Å². The third-order valence-electron chi connectivity index (χ3n) is 4.91. The molecule has 0 unspecified atom stereocenters. The van der Waals surface area contributed by atoms with E-state index in [-0.39, 0.29) is 30.0 Å². The van der Waals surface area contributed by atoms with Crippen LogP contribution < -0.4 is 16.6 Å². The number of rotatable bonds is 6. The van der Waals surface area contributed by atoms with E-state index in [4.69, 9.17) is 5.73 Å². The number of carbonyl (C=O) groups excluding carboxylic acids is 2. The highest BCUT2D eigenvalue weighted by Gasteiger charge is 2.16. The Morgan fingerprint density at radius 1 is 1.06 bits per heavy atom. The molecule has 4 aromatic rings. The Labute approximate surface area is 177 Å². The van der Waals surface area contributed by atoms with Crippen LogP contribution >= 0.6 is 0 Å². The summed E-state index contributed by atoms with van der Waals surface area (Å²) in [5, 5.41) is 7.34. The molecule has 0 fully saturated rings. The minimum atomic E-state index is -0.631. The molecule has 156 valence electrons. The van der Waals surface area contributed by atoms with Gasteiger partial charge in [-0.15, -0.1) is 0 Å². The van der Waals surface area contributed by atoms with Crippen LogP contribution in [0.3, 0.4) is 0 Å². The Morgan fingerprint density at radius 2 is 1.77 bits per heavy atom. The van der Waals surface area contributed by atoms with Gasteiger partial charge in [-0.05, 0) is 31.2 Å². The van der Waals surface area contributed by atoms with Crippen LogP contribution in [0.25, 0.3) is 16.7 Å². The first kappa shape index (κ1) is 20.0. The second-order valence-electron chi connectivity index (χ2n) is 6.95. The van der Waals surface area contributed by atoms with Gasteiger partial charge in [0.2, 0.25) is 5.91 Å². The van der Waals surface area contributed by atoms with E-state index in [2.05, 4.69) is 15.4 Å². The number of nitrogens with two attached hydrogens (primary N) is 1. The van der Waals surface area contributed by atoms with Gasteiger partial charge < -0.3 is 11.1 Å². The molecule has 0 aliphatic carbocycles. The van der Waals surface area contributed by atoms with Gasteiger partial charge in [0, 0.05) is 13.0 Å². The number of aromatic nitrogens is 4. The van der Waals surface area contributed by atoms with Gasteiger partial charge in [0.25, 0.3) is 11.5 Å². The Kier molecular flexibility index (Phi) is 5.31. The zero-order valence-corrected chi connectivity index (χ0v) is 16.8. The minimum absolute atomic E-state index is 0.0217. The maximum Gasteiger partial charge on any atom is 0.264 e. The third-order valence-corrected chi connectivity index (χ3v) is 4.91. The number of carbonyl (C=O) groups is 2. The Morgan fingerprint density at radius 3 is 2.52 bits per heavy atom. The van der Waals surface area contributed by atoms with Gasteiger partial charge >= 0.3 is 0 Å². The van der Waals surface area contributed by atoms with Crippen LogP contribution in [0.4, 0.5) is 5.69 Å². The number of benzene rings is 2. The molecule has 2 aromatic heterocycles. The molecule has 4 rings (SSSR count). The Balaban J connectivity index is 1.56. The summed E-state index contributed by atoms with van der Waals surface area (Å²) >= 11 is 0. The number of primary amides is 1. The van der Waals surface area contributed by atoms with Gasteiger partial charge in [-0.3, -0.25) is 19.0 Å². The number of nitrogens with one attached hydrogen (secondary N) is 1. The fourth-order valence-corrected chi connectivity index (χ4v) is 3.36. The van der Waals surface area contributed by atoms with E-state index in [0.29, 0.717) is 22.5 Å². The van der Waals surface area contributed by atoms with Crippen LogP contribution in [0.5, 0.6) is 0 Å². The highest BCUT2D eigenvalue weighted by molar-refractivity contribution is 6.02. The average Bonchev–Trinajstić information content (AvgIpc) is 3.18. The van der Waals surface area contributed by atoms with E-state index in [1.807, 2.05) is 30.3 Å². The molecule has 2 amide bonds. The molecule has 31 heavy (non-hydrogen) atoms. The number of fused-ring (bicyclic) bond motifs is 1. The van der Waals surface area contributed by atoms with Crippen LogP contribution in [0.15, 0.2) is 65.6 Å². The molecule has 0 spiro atoms. The van der Waals surface area contributed by atoms with Crippen molar-refractivity contribution in [3.8, 4) is 5.69 Å². The van der Waals surface area contributed by atoms with Crippen LogP contribution in [-0.2, 0) is 11.3 Å². The smallest absolute Gasteiger partial charge is 0.264 e. The van der Waals surface area contributed by atoms with Crippen molar-refractivity contribution in [1.29, 1.82) is 0 Å². The van der Waals surface area contributed by atoms with Crippen LogP contribution in [0.2, 0.25) is 0 Å². The van der Waals surface area contributed by atoms with Gasteiger partial charge in [0.05, 0.1) is 23.1 Å². The summed E-state index contributed by atoms with van der Waals surface area (Å²) in [5.74, 6) is -0.506. The van der Waals surface area contributed by atoms with E-state index in [1.54, 1.807) is 29.8 Å². The van der Waals surface area contributed by atoms with Crippen molar-refractivity contribution in [3.05, 3.63) is 82.5 Å². The lowest BCUT2D eigenvalue weighted by atomic mass is 10.1. The van der Waals surface area contributed by atoms with Crippen LogP contribution in [-0.4, -0.2) is 31.1 Å². The highest BCUT2D eigenvalue weighted by atomic mass is 16.2. The zero-order chi connectivity index (χ0) is 22.0. The van der Waals surface area contributed by atoms with Crippen molar-refractivity contribution >= 4 is 28.5 Å². The number of hydrogen-bond donors (Lipinski definition) is 2. The maximum absolute atomic E-state index is 13.0. The molecule has 0 aliphatic heterocycles. The largest absolute Gasteiger partial charge is 0.366 e. The first-order valence-corrected chi connectivity index (χ1v) is 9.65. The molecule has 0 atom stereocenters. The molecule has 0 bridgehead atoms. The second-order valence-corrected chi connectivity index (χ2v) is 6.95. The summed E-state index contributed by atoms with van der Waals surface area (Å²) in [4.78, 5) is 41.5. The summed E-state index contributed by atoms with van der Waals surface area (Å²) in [6.45, 7) is 1.85. The number of aryl methyl sites for hydroxylation is 1. The molecule has 0 radical (unpaired) electrons. The summed E-state index contributed by atoms with van der Waals surface area (Å²) < 4.78 is 3.06. The number of anilines is 1. The topological polar surface area (TPSA) is 125 Å². The van der Waals surface area contributed by atoms with E-state index >= 15 is 0 Å². The fraction of sp³-hybridized carbons (Fsp3) is 0.136. The Hall–Kier alpha value is -4.27. The van der Waals surface area contributed by atoms with Gasteiger partial charge in [-0.2, -0.15) is 5.10 Å². The molecule has 2 aromatic carbocycles. The predicted molar refractivity (Wildman–Crippen MR) is 116 cm³/mol. The third kappa shape index (κ3) is 3.93. The quantitative estimate of drug-likeness (QED) is 0.497. The van der Waals surface area contributed by atoms with E-state index in [0.717, 1.165) is 5.69 Å². The summed E-state index contributed by atoms with van der Waals surface area (Å²) in [6, 6.07) is 15.9. The zero-order valence-electron chi connectivity index (χ0n) is 16.8. The van der Waals surface area contributed by atoms with Crippen molar-refractivity contribution in [2.45, 2.75) is 19.9 Å². The van der Waals surface area contributed by atoms with E-state index in [1.165, 1.54) is 16.8 Å². The van der Waals surface area contributed by atoms with E-state index in [9.17, 15) is 14.4 Å². The number of hydrogen-bond acceptors (Lipinski definition) is 5. The second kappa shape index (κ2) is 8.23. The van der Waals surface area contributed by atoms with Gasteiger partial charge in [-0.25, -0.2) is 9.67 Å². The molecule has 0 aliphatic rings. The van der Waals surface area contributed by atoms with E-state index < -0.39 is 5.91 Å². The average molecular weight is 416 g/mol. The van der Waals surface area contributed by atoms with Crippen molar-refractivity contribution in [2.75, 3.05) is 5.32 Å². The minimum Gasteiger partial charge on any atom is -0.366 e. The van der Waals surface area contributed by atoms with Gasteiger partial charge in [-0.1, -0.05) is 30.3 Å². The van der Waals surface area contributed by atoms with Crippen molar-refractivity contribution < 1.29 is 9.59 Å². The lowest BCUT2D eigenvalue weighted by Crippen LogP contribution is -2.26. The molecule has 0 saturated carbocycles. The first-order valence-electron chi connectivity index (χ1n) is 9.65. The van der Waals surface area contributed by atoms with Gasteiger partial charge in [0.1, 0.15) is 11.2 Å². The normalized spacial score (nSPS) is 10.9. The molecule has 0 saturated heterocycles. The summed E-state index contributed by atoms with van der Waals surface area (Å²) in [6.07, 6.45) is 1.50. The predicted octanol–water partition coefficient (Wildman–Crippen LogP) is 2.02. The first-order chi connectivity index (χ1) is 15.0. The molecule has 9 nitrogen and oxygen atoms in total. The fourth-order valence-electron chi connectivity index (χ4n) is 3.36. The van der Waals surface area contributed by atoms with Crippen LogP contribution in [0.1, 0.15) is 22.6 Å². The molecule has 2 heterocycles. The summed E-state index contributed by atoms with van der Waals surface area (Å²) in [7, 11) is 0. The SMILES string of the molecule is Cc1nc2c(cnn2-c2ccccc2)c(=O)n1CCC(=O)Nc1ccccc1C(N)=O. The molecule has 9 heteroatoms. The van der Waals surface area contributed by atoms with Crippen molar-refractivity contribution in [2.24, 2.45) is 5.73 Å². The number of nitrogens with zero attached hydrogens (tertiary/aromatic N) is 4. The number of para-hydroxylation sites is 2. The lowest BCUT2D eigenvalue weighted by molar-refractivity contribution is -0.116. The van der Waals surface area contributed by atoms with Crippen molar-refractivity contribution in [1.82, 2.24) is 19.3 Å². The highest BCUT2D eigenvalue weighted by Crippen LogP contribution is 2.16. The molecule has 3 N–H and O–H groups in total. The standard InChI is InChI=1S/C22H20N6O3/c1-14-25-21-17(13-24-28(21)15-7-3-2-4-8-15)22(31)27(14)12-11-19(29)26-18-10-6-5-9-16(18)20(23)30/h2-10,13H,11-12H2,1H3,(H2,23,30)(H,26,29). The van der Waals surface area contributed by atoms with Gasteiger partial charge in [0.15, 0.2) is 5.65 Å². The van der Waals surface area contributed by atoms with Crippen LogP contribution in [0, 0.1) is 6.92 Å². The monoisotopic (exact) mass is 416 g/mol. The lowest BCUT2D eigenvalue weighted by Gasteiger charge is -2.11. The summed E-state index contributed by atoms with van der Waals surface area (Å²) in [5.41, 5.74) is 6.89. The molecular weight excluding hydrogens is 396 g/mol. The number of amides is 2. The maximum atomic E-state index is 13.0. The Bertz CT molecular complexity index is 1340.